The number of nitrogens with zero attached hydrogens (tertiary/aromatic N) is 1. The number of carbonyl (C=O) groups excluding carboxylic acids is 1. The van der Waals surface area contributed by atoms with Crippen molar-refractivity contribution >= 4 is 33.7 Å². The molecule has 2 aromatic rings. The highest BCUT2D eigenvalue weighted by Crippen LogP contribution is 2.20. The molecule has 0 saturated carbocycles. The lowest BCUT2D eigenvalue weighted by Gasteiger charge is -1.99. The van der Waals surface area contributed by atoms with Crippen molar-refractivity contribution in [2.45, 2.75) is 6.92 Å². The number of carbonyl (C=O) groups is 1. The molecule has 0 radical (unpaired) electrons. The van der Waals surface area contributed by atoms with E-state index < -0.39 is 0 Å². The van der Waals surface area contributed by atoms with E-state index in [9.17, 15) is 4.79 Å². The number of nitrogens with two attached hydrogens (primary N) is 1. The third-order valence-corrected chi connectivity index (χ3v) is 3.83. The Labute approximate surface area is 113 Å². The minimum atomic E-state index is -0.138. The summed E-state index contributed by atoms with van der Waals surface area (Å²) < 4.78 is 0. The van der Waals surface area contributed by atoms with Gasteiger partial charge in [0, 0.05) is 5.38 Å². The molecule has 3 N–H and O–H groups in total. The number of aryl methyl sites for hydroxylation is 1. The molecule has 0 unspecified atom stereocenters. The summed E-state index contributed by atoms with van der Waals surface area (Å²) in [6, 6.07) is 0. The number of amides is 1. The second-order valence-corrected chi connectivity index (χ2v) is 5.23. The fourth-order valence-electron chi connectivity index (χ4n) is 1.29. The number of nitrogens with one attached hydrogen (secondary N) is 1. The number of anilines is 1. The first-order valence-corrected chi connectivity index (χ1v) is 6.95. The third kappa shape index (κ3) is 2.96. The summed E-state index contributed by atoms with van der Waals surface area (Å²) in [7, 11) is 0. The maximum atomic E-state index is 11.9. The zero-order valence-electron chi connectivity index (χ0n) is 9.69. The molecule has 92 valence electrons. The topological polar surface area (TPSA) is 68.0 Å². The van der Waals surface area contributed by atoms with E-state index in [0.29, 0.717) is 17.2 Å². The Kier molecular flexibility index (Phi) is 4.10. The molecule has 0 aromatic carbocycles. The van der Waals surface area contributed by atoms with Crippen LogP contribution in [0.5, 0.6) is 0 Å². The molecular weight excluding hydrogens is 266 g/mol. The molecule has 1 amide bonds. The molecule has 0 fully saturated rings. The van der Waals surface area contributed by atoms with Crippen LogP contribution in [0.3, 0.4) is 0 Å². The van der Waals surface area contributed by atoms with E-state index in [1.54, 1.807) is 6.20 Å². The maximum absolute atomic E-state index is 11.9. The van der Waals surface area contributed by atoms with Crippen LogP contribution in [0.4, 0.5) is 5.13 Å². The zero-order valence-corrected chi connectivity index (χ0v) is 11.3. The standard InChI is InChI=1S/C12H11N3OS2/c1-8-6-17-7-10(8)11(16)15-12-14-5-9(18-12)3-2-4-13/h5-7H,4,13H2,1H3,(H,14,15,16). The summed E-state index contributed by atoms with van der Waals surface area (Å²) in [5.41, 5.74) is 6.94. The summed E-state index contributed by atoms with van der Waals surface area (Å²) in [6.45, 7) is 2.22. The molecule has 0 aliphatic rings. The number of aromatic nitrogens is 1. The SMILES string of the molecule is Cc1cscc1C(=O)Nc1ncc(C#CCN)s1. The predicted octanol–water partition coefficient (Wildman–Crippen LogP) is 2.08. The molecule has 2 aromatic heterocycles. The molecular formula is C12H11N3OS2. The summed E-state index contributed by atoms with van der Waals surface area (Å²) >= 11 is 2.84. The molecule has 0 spiro atoms. The Morgan fingerprint density at radius 3 is 3.06 bits per heavy atom. The Bertz CT molecular complexity index is 619. The van der Waals surface area contributed by atoms with Crippen LogP contribution in [0.1, 0.15) is 20.8 Å². The quantitative estimate of drug-likeness (QED) is 0.826. The summed E-state index contributed by atoms with van der Waals surface area (Å²) in [6.07, 6.45) is 1.63. The van der Waals surface area contributed by atoms with Gasteiger partial charge in [0.2, 0.25) is 0 Å². The monoisotopic (exact) mass is 277 g/mol. The lowest BCUT2D eigenvalue weighted by molar-refractivity contribution is 0.102. The van der Waals surface area contributed by atoms with Crippen molar-refractivity contribution in [2.75, 3.05) is 11.9 Å². The van der Waals surface area contributed by atoms with Crippen LogP contribution in [-0.4, -0.2) is 17.4 Å². The second kappa shape index (κ2) is 5.78. The highest BCUT2D eigenvalue weighted by atomic mass is 32.1. The van der Waals surface area contributed by atoms with Crippen LogP contribution in [0.25, 0.3) is 0 Å². The van der Waals surface area contributed by atoms with Gasteiger partial charge in [0.25, 0.3) is 5.91 Å². The van der Waals surface area contributed by atoms with E-state index >= 15 is 0 Å². The molecule has 18 heavy (non-hydrogen) atoms. The van der Waals surface area contributed by atoms with Gasteiger partial charge >= 0.3 is 0 Å². The molecule has 0 saturated heterocycles. The Hall–Kier alpha value is -1.68. The van der Waals surface area contributed by atoms with Crippen LogP contribution in [0.15, 0.2) is 17.0 Å². The van der Waals surface area contributed by atoms with Crippen molar-refractivity contribution in [3.63, 3.8) is 0 Å². The molecule has 2 heterocycles. The number of thiophene rings is 1. The smallest absolute Gasteiger partial charge is 0.258 e. The Morgan fingerprint density at radius 2 is 2.39 bits per heavy atom. The fourth-order valence-corrected chi connectivity index (χ4v) is 2.80. The lowest BCUT2D eigenvalue weighted by atomic mass is 10.2. The average Bonchev–Trinajstić information content (AvgIpc) is 2.95. The molecule has 0 aliphatic heterocycles. The Morgan fingerprint density at radius 1 is 1.56 bits per heavy atom. The van der Waals surface area contributed by atoms with Crippen LogP contribution >= 0.6 is 22.7 Å². The van der Waals surface area contributed by atoms with E-state index in [0.717, 1.165) is 10.4 Å². The molecule has 4 nitrogen and oxygen atoms in total. The van der Waals surface area contributed by atoms with Crippen molar-refractivity contribution in [2.24, 2.45) is 5.73 Å². The highest BCUT2D eigenvalue weighted by Gasteiger charge is 2.11. The van der Waals surface area contributed by atoms with Gasteiger partial charge in [-0.3, -0.25) is 10.1 Å². The van der Waals surface area contributed by atoms with Crippen LogP contribution in [0.2, 0.25) is 0 Å². The number of rotatable bonds is 2. The van der Waals surface area contributed by atoms with Crippen molar-refractivity contribution in [3.05, 3.63) is 33.0 Å². The summed E-state index contributed by atoms with van der Waals surface area (Å²) in [4.78, 5) is 16.8. The Balaban J connectivity index is 2.08. The first-order chi connectivity index (χ1) is 8.70. The first kappa shape index (κ1) is 12.8. The van der Waals surface area contributed by atoms with Gasteiger partial charge in [0.15, 0.2) is 5.13 Å². The summed E-state index contributed by atoms with van der Waals surface area (Å²) in [5, 5.41) is 7.07. The minimum absolute atomic E-state index is 0.138. The minimum Gasteiger partial charge on any atom is -0.320 e. The van der Waals surface area contributed by atoms with Crippen LogP contribution in [0, 0.1) is 18.8 Å². The van der Waals surface area contributed by atoms with Gasteiger partial charge in [-0.2, -0.15) is 11.3 Å². The van der Waals surface area contributed by atoms with E-state index in [1.165, 1.54) is 22.7 Å². The van der Waals surface area contributed by atoms with E-state index in [1.807, 2.05) is 17.7 Å². The van der Waals surface area contributed by atoms with Gasteiger partial charge in [0.1, 0.15) is 0 Å². The normalized spacial score (nSPS) is 9.67. The van der Waals surface area contributed by atoms with Gasteiger partial charge in [-0.1, -0.05) is 23.2 Å². The average molecular weight is 277 g/mol. The molecule has 0 bridgehead atoms. The van der Waals surface area contributed by atoms with Crippen molar-refractivity contribution < 1.29 is 4.79 Å². The first-order valence-electron chi connectivity index (χ1n) is 5.19. The molecule has 0 aliphatic carbocycles. The van der Waals surface area contributed by atoms with Gasteiger partial charge in [-0.25, -0.2) is 4.98 Å². The summed E-state index contributed by atoms with van der Waals surface area (Å²) in [5.74, 6) is 5.48. The largest absolute Gasteiger partial charge is 0.320 e. The third-order valence-electron chi connectivity index (χ3n) is 2.14. The van der Waals surface area contributed by atoms with Crippen molar-refractivity contribution in [3.8, 4) is 11.8 Å². The zero-order chi connectivity index (χ0) is 13.0. The number of hydrogen-bond donors (Lipinski definition) is 2. The lowest BCUT2D eigenvalue weighted by Crippen LogP contribution is -2.11. The predicted molar refractivity (Wildman–Crippen MR) is 75.1 cm³/mol. The maximum Gasteiger partial charge on any atom is 0.258 e. The fraction of sp³-hybridized carbons (Fsp3) is 0.167. The molecule has 6 heteroatoms. The van der Waals surface area contributed by atoms with Crippen molar-refractivity contribution in [1.82, 2.24) is 4.98 Å². The van der Waals surface area contributed by atoms with Crippen molar-refractivity contribution in [1.29, 1.82) is 0 Å². The van der Waals surface area contributed by atoms with Gasteiger partial charge < -0.3 is 5.73 Å². The highest BCUT2D eigenvalue weighted by molar-refractivity contribution is 7.16. The molecule has 0 atom stereocenters. The van der Waals surface area contributed by atoms with E-state index in [4.69, 9.17) is 5.73 Å². The van der Waals surface area contributed by atoms with Gasteiger partial charge in [-0.15, -0.1) is 0 Å². The van der Waals surface area contributed by atoms with Crippen LogP contribution in [-0.2, 0) is 0 Å². The second-order valence-electron chi connectivity index (χ2n) is 3.46. The van der Waals surface area contributed by atoms with Crippen LogP contribution < -0.4 is 11.1 Å². The number of hydrogen-bond acceptors (Lipinski definition) is 5. The number of thiazole rings is 1. The van der Waals surface area contributed by atoms with E-state index in [-0.39, 0.29) is 5.91 Å². The van der Waals surface area contributed by atoms with E-state index in [2.05, 4.69) is 22.1 Å². The van der Waals surface area contributed by atoms with Gasteiger partial charge in [-0.05, 0) is 17.9 Å². The molecule has 2 rings (SSSR count). The van der Waals surface area contributed by atoms with Gasteiger partial charge in [0.05, 0.1) is 23.2 Å².